The highest BCUT2D eigenvalue weighted by Gasteiger charge is 2.26. The normalized spacial score (nSPS) is 17.8. The smallest absolute Gasteiger partial charge is 0.0454 e. The third kappa shape index (κ3) is 2.79. The molecule has 0 saturated heterocycles. The molecule has 1 saturated carbocycles. The van der Waals surface area contributed by atoms with E-state index in [1.807, 2.05) is 12.1 Å². The maximum absolute atomic E-state index is 6.13. The Kier molecular flexibility index (Phi) is 4.72. The fraction of sp³-hybridized carbons (Fsp3) is 0.455. The highest BCUT2D eigenvalue weighted by atomic mass is 35.5. The molecule has 0 spiro atoms. The van der Waals surface area contributed by atoms with Crippen molar-refractivity contribution >= 4 is 35.6 Å². The Labute approximate surface area is 106 Å². The monoisotopic (exact) mass is 265 g/mol. The van der Waals surface area contributed by atoms with Gasteiger partial charge >= 0.3 is 0 Å². The molecule has 0 radical (unpaired) electrons. The van der Waals surface area contributed by atoms with Gasteiger partial charge in [-0.2, -0.15) is 0 Å². The molecule has 2 N–H and O–H groups in total. The van der Waals surface area contributed by atoms with Crippen LogP contribution in [0.5, 0.6) is 0 Å². The molecule has 0 unspecified atom stereocenters. The van der Waals surface area contributed by atoms with Gasteiger partial charge in [0.25, 0.3) is 0 Å². The molecule has 1 nitrogen and oxygen atoms in total. The summed E-state index contributed by atoms with van der Waals surface area (Å²) in [6.07, 6.45) is 3.71. The van der Waals surface area contributed by atoms with Crippen LogP contribution >= 0.6 is 35.6 Å². The molecule has 0 bridgehead atoms. The van der Waals surface area contributed by atoms with Crippen LogP contribution in [-0.4, -0.2) is 0 Å². The first-order valence-electron chi connectivity index (χ1n) is 4.89. The predicted molar refractivity (Wildman–Crippen MR) is 68.0 cm³/mol. The van der Waals surface area contributed by atoms with E-state index in [0.29, 0.717) is 10.9 Å². The summed E-state index contributed by atoms with van der Waals surface area (Å²) in [5, 5.41) is 1.44. The third-order valence-corrected chi connectivity index (χ3v) is 3.55. The lowest BCUT2D eigenvalue weighted by Crippen LogP contribution is -2.27. The zero-order valence-electron chi connectivity index (χ0n) is 8.25. The van der Waals surface area contributed by atoms with Crippen molar-refractivity contribution in [3.63, 3.8) is 0 Å². The van der Waals surface area contributed by atoms with Crippen molar-refractivity contribution in [2.75, 3.05) is 0 Å². The Bertz CT molecular complexity index is 337. The van der Waals surface area contributed by atoms with E-state index in [0.717, 1.165) is 10.6 Å². The van der Waals surface area contributed by atoms with Gasteiger partial charge in [-0.25, -0.2) is 0 Å². The number of halogens is 3. The minimum atomic E-state index is 0. The molecule has 1 fully saturated rings. The van der Waals surface area contributed by atoms with Gasteiger partial charge in [-0.15, -0.1) is 12.4 Å². The van der Waals surface area contributed by atoms with Crippen LogP contribution in [0.3, 0.4) is 0 Å². The van der Waals surface area contributed by atoms with Crippen molar-refractivity contribution in [1.82, 2.24) is 0 Å². The van der Waals surface area contributed by atoms with Crippen LogP contribution in [0.2, 0.25) is 10.0 Å². The van der Waals surface area contributed by atoms with Gasteiger partial charge in [0, 0.05) is 16.1 Å². The summed E-state index contributed by atoms with van der Waals surface area (Å²) in [5.74, 6) is 0.589. The Morgan fingerprint density at radius 2 is 1.93 bits per heavy atom. The molecule has 1 aromatic carbocycles. The summed E-state index contributed by atoms with van der Waals surface area (Å²) < 4.78 is 0. The molecular weight excluding hydrogens is 252 g/mol. The molecular formula is C11H14Cl3N. The first kappa shape index (κ1) is 13.1. The summed E-state index contributed by atoms with van der Waals surface area (Å²) >= 11 is 12.0. The average molecular weight is 267 g/mol. The van der Waals surface area contributed by atoms with Crippen LogP contribution in [0.4, 0.5) is 0 Å². The maximum atomic E-state index is 6.13. The molecule has 2 rings (SSSR count). The minimum absolute atomic E-state index is 0. The molecule has 0 aromatic heterocycles. The lowest BCUT2D eigenvalue weighted by Gasteiger charge is -2.31. The Morgan fingerprint density at radius 3 is 2.47 bits per heavy atom. The van der Waals surface area contributed by atoms with Gasteiger partial charge in [0.05, 0.1) is 0 Å². The van der Waals surface area contributed by atoms with Gasteiger partial charge < -0.3 is 5.73 Å². The zero-order chi connectivity index (χ0) is 10.1. The molecule has 84 valence electrons. The minimum Gasteiger partial charge on any atom is -0.324 e. The zero-order valence-corrected chi connectivity index (χ0v) is 10.6. The summed E-state index contributed by atoms with van der Waals surface area (Å²) in [4.78, 5) is 0. The standard InChI is InChI=1S/C11H13Cl2N.ClH/c12-8-4-5-10(13)9(6-8)11(14)7-2-1-3-7;/h4-7,11H,1-3,14H2;1H/t11-;/m1./s1. The van der Waals surface area contributed by atoms with E-state index in [4.69, 9.17) is 28.9 Å². The molecule has 1 aliphatic carbocycles. The second-order valence-corrected chi connectivity index (χ2v) is 4.73. The second kappa shape index (κ2) is 5.40. The number of hydrogen-bond acceptors (Lipinski definition) is 1. The maximum Gasteiger partial charge on any atom is 0.0454 e. The van der Waals surface area contributed by atoms with Gasteiger partial charge in [-0.1, -0.05) is 29.6 Å². The number of benzene rings is 1. The topological polar surface area (TPSA) is 26.0 Å². The van der Waals surface area contributed by atoms with Crippen LogP contribution in [-0.2, 0) is 0 Å². The van der Waals surface area contributed by atoms with Crippen LogP contribution < -0.4 is 5.73 Å². The van der Waals surface area contributed by atoms with Crippen LogP contribution in [0.15, 0.2) is 18.2 Å². The molecule has 15 heavy (non-hydrogen) atoms. The Balaban J connectivity index is 0.00000112. The van der Waals surface area contributed by atoms with Crippen LogP contribution in [0.25, 0.3) is 0 Å². The highest BCUT2D eigenvalue weighted by molar-refractivity contribution is 6.33. The van der Waals surface area contributed by atoms with Gasteiger partial charge in [0.1, 0.15) is 0 Å². The first-order valence-corrected chi connectivity index (χ1v) is 5.64. The summed E-state index contributed by atoms with van der Waals surface area (Å²) in [6, 6.07) is 5.54. The molecule has 0 amide bonds. The Hall–Kier alpha value is 0.0500. The summed E-state index contributed by atoms with van der Waals surface area (Å²) in [5.41, 5.74) is 7.12. The first-order chi connectivity index (χ1) is 6.68. The lowest BCUT2D eigenvalue weighted by atomic mass is 9.77. The van der Waals surface area contributed by atoms with Gasteiger partial charge in [-0.3, -0.25) is 0 Å². The van der Waals surface area contributed by atoms with Crippen LogP contribution in [0.1, 0.15) is 30.9 Å². The van der Waals surface area contributed by atoms with E-state index < -0.39 is 0 Å². The summed E-state index contributed by atoms with van der Waals surface area (Å²) in [6.45, 7) is 0. The van der Waals surface area contributed by atoms with Gasteiger partial charge in [-0.05, 0) is 42.5 Å². The molecule has 4 heteroatoms. The van der Waals surface area contributed by atoms with E-state index in [-0.39, 0.29) is 18.4 Å². The fourth-order valence-electron chi connectivity index (χ4n) is 1.82. The van der Waals surface area contributed by atoms with Crippen molar-refractivity contribution in [3.05, 3.63) is 33.8 Å². The van der Waals surface area contributed by atoms with Crippen molar-refractivity contribution in [2.24, 2.45) is 11.7 Å². The van der Waals surface area contributed by atoms with E-state index in [2.05, 4.69) is 0 Å². The highest BCUT2D eigenvalue weighted by Crippen LogP contribution is 2.38. The van der Waals surface area contributed by atoms with E-state index in [9.17, 15) is 0 Å². The quantitative estimate of drug-likeness (QED) is 0.852. The number of hydrogen-bond donors (Lipinski definition) is 1. The molecule has 1 aromatic rings. The van der Waals surface area contributed by atoms with Crippen LogP contribution in [0, 0.1) is 5.92 Å². The van der Waals surface area contributed by atoms with E-state index in [1.165, 1.54) is 19.3 Å². The number of nitrogens with two attached hydrogens (primary N) is 1. The molecule has 1 aliphatic rings. The van der Waals surface area contributed by atoms with E-state index in [1.54, 1.807) is 6.07 Å². The molecule has 0 heterocycles. The van der Waals surface area contributed by atoms with E-state index >= 15 is 0 Å². The van der Waals surface area contributed by atoms with Crippen molar-refractivity contribution in [3.8, 4) is 0 Å². The average Bonchev–Trinajstić information content (AvgIpc) is 2.06. The second-order valence-electron chi connectivity index (χ2n) is 3.88. The van der Waals surface area contributed by atoms with Crippen molar-refractivity contribution < 1.29 is 0 Å². The lowest BCUT2D eigenvalue weighted by molar-refractivity contribution is 0.264. The Morgan fingerprint density at radius 1 is 1.27 bits per heavy atom. The molecule has 0 aliphatic heterocycles. The van der Waals surface area contributed by atoms with Gasteiger partial charge in [0.15, 0.2) is 0 Å². The predicted octanol–water partition coefficient (Wildman–Crippen LogP) is 4.22. The van der Waals surface area contributed by atoms with Crippen molar-refractivity contribution in [1.29, 1.82) is 0 Å². The summed E-state index contributed by atoms with van der Waals surface area (Å²) in [7, 11) is 0. The van der Waals surface area contributed by atoms with Gasteiger partial charge in [0.2, 0.25) is 0 Å². The van der Waals surface area contributed by atoms with Crippen molar-refractivity contribution in [2.45, 2.75) is 25.3 Å². The SMILES string of the molecule is Cl.N[C@@H](c1cc(Cl)ccc1Cl)C1CCC1. The largest absolute Gasteiger partial charge is 0.324 e. The number of rotatable bonds is 2. The third-order valence-electron chi connectivity index (χ3n) is 2.97. The molecule has 1 atom stereocenters. The fourth-order valence-corrected chi connectivity index (χ4v) is 2.25.